The molecule has 1 aromatic rings. The Labute approximate surface area is 585 Å². The number of aliphatic hydroxyl groups is 1. The van der Waals surface area contributed by atoms with E-state index in [0.29, 0.717) is 63.6 Å². The largest absolute Gasteiger partial charge is 0.417 e. The predicted octanol–water partition coefficient (Wildman–Crippen LogP) is 4.37. The molecular formula is C70H106ClF3N12O13. The summed E-state index contributed by atoms with van der Waals surface area (Å²) in [7, 11) is 9.66. The van der Waals surface area contributed by atoms with Gasteiger partial charge in [-0.1, -0.05) is 95.7 Å². The Hall–Kier alpha value is -7.10. The Morgan fingerprint density at radius 2 is 1.21 bits per heavy atom. The fourth-order valence-corrected chi connectivity index (χ4v) is 15.7. The molecule has 6 fully saturated rings. The van der Waals surface area contributed by atoms with E-state index in [1.54, 1.807) is 4.90 Å². The zero-order valence-electron chi connectivity index (χ0n) is 59.3. The smallest absolute Gasteiger partial charge is 0.394 e. The number of halogens is 4. The molecule has 25 nitrogen and oxygen atoms in total. The van der Waals surface area contributed by atoms with Gasteiger partial charge in [-0.3, -0.25) is 57.5 Å². The molecule has 0 radical (unpaired) electrons. The number of aliphatic hydroxyl groups excluding tert-OH is 1. The van der Waals surface area contributed by atoms with Crippen molar-refractivity contribution >= 4 is 82.5 Å². The summed E-state index contributed by atoms with van der Waals surface area (Å²) >= 11 is 6.15. The van der Waals surface area contributed by atoms with E-state index >= 15 is 24.0 Å². The fourth-order valence-electron chi connectivity index (χ4n) is 15.4. The van der Waals surface area contributed by atoms with Crippen LogP contribution in [0.3, 0.4) is 0 Å². The topological polar surface area (TPSA) is 290 Å². The van der Waals surface area contributed by atoms with Gasteiger partial charge in [0, 0.05) is 69.0 Å². The Bertz CT molecular complexity index is 3080. The first kappa shape index (κ1) is 79.2. The van der Waals surface area contributed by atoms with Crippen molar-refractivity contribution in [2.24, 2.45) is 17.8 Å². The molecule has 1 unspecified atom stereocenters. The summed E-state index contributed by atoms with van der Waals surface area (Å²) in [6.45, 7) is 1.60. The van der Waals surface area contributed by atoms with Crippen LogP contribution in [0.2, 0.25) is 5.02 Å². The van der Waals surface area contributed by atoms with Gasteiger partial charge in [0.15, 0.2) is 0 Å². The molecule has 0 bridgehead atoms. The van der Waals surface area contributed by atoms with E-state index < -0.39 is 174 Å². The van der Waals surface area contributed by atoms with Crippen molar-refractivity contribution in [3.05, 3.63) is 34.3 Å². The van der Waals surface area contributed by atoms with Crippen LogP contribution in [0.5, 0.6) is 0 Å². The number of benzene rings is 1. The maximum Gasteiger partial charge on any atom is 0.417 e. The van der Waals surface area contributed by atoms with E-state index in [1.165, 1.54) is 75.0 Å². The van der Waals surface area contributed by atoms with E-state index in [-0.39, 0.29) is 63.3 Å². The summed E-state index contributed by atoms with van der Waals surface area (Å²) in [4.78, 5) is 189. The lowest BCUT2D eigenvalue weighted by Gasteiger charge is -2.43. The van der Waals surface area contributed by atoms with Gasteiger partial charge < -0.3 is 65.2 Å². The average molecular weight is 1420 g/mol. The fraction of sp³-hybridized carbons (Fsp3) is 0.743. The first-order valence-corrected chi connectivity index (χ1v) is 35.9. The minimum atomic E-state index is -4.76. The van der Waals surface area contributed by atoms with E-state index in [0.717, 1.165) is 89.5 Å². The molecule has 3 aliphatic carbocycles. The number of amides is 12. The van der Waals surface area contributed by atoms with E-state index in [9.17, 15) is 51.8 Å². The van der Waals surface area contributed by atoms with Crippen molar-refractivity contribution in [2.45, 2.75) is 222 Å². The van der Waals surface area contributed by atoms with Gasteiger partial charge in [0.25, 0.3) is 0 Å². The number of nitrogens with zero attached hydrogens (tertiary/aromatic N) is 9. The summed E-state index contributed by atoms with van der Waals surface area (Å²) < 4.78 is 41.6. The summed E-state index contributed by atoms with van der Waals surface area (Å²) in [6, 6.07) is -6.17. The molecule has 29 heteroatoms. The van der Waals surface area contributed by atoms with Crippen molar-refractivity contribution in [1.29, 1.82) is 0 Å². The number of nitrogens with one attached hydrogen (secondary N) is 3. The molecule has 0 aromatic heterocycles. The molecule has 1 spiro atoms. The van der Waals surface area contributed by atoms with Gasteiger partial charge in [0.1, 0.15) is 47.8 Å². The highest BCUT2D eigenvalue weighted by Crippen LogP contribution is 2.38. The van der Waals surface area contributed by atoms with Gasteiger partial charge >= 0.3 is 6.18 Å². The quantitative estimate of drug-likeness (QED) is 0.254. The maximum absolute atomic E-state index is 15.7. The number of fused-ring (bicyclic) bond motifs is 1. The van der Waals surface area contributed by atoms with Crippen molar-refractivity contribution in [2.75, 3.05) is 95.2 Å². The van der Waals surface area contributed by atoms with Crippen LogP contribution >= 0.6 is 11.6 Å². The molecule has 3 saturated heterocycles. The summed E-state index contributed by atoms with van der Waals surface area (Å²) in [6.07, 6.45) is 6.27. The summed E-state index contributed by atoms with van der Waals surface area (Å²) in [5, 5.41) is 18.5. The molecular weight excluding hydrogens is 1310 g/mol. The van der Waals surface area contributed by atoms with Crippen LogP contribution in [0, 0.1) is 17.8 Å². The number of likely N-dealkylation sites (N-methyl/N-ethyl adjacent to an activating group) is 7. The standard InChI is InChI=1S/C70H106ClF3N12O13/c1-44(2)36-53-61(92)76-51(43-87)63(94)80(5)41-58(90)78(3)42-59(91)82(7)54(38-45-22-13-10-14-23-45)65(96)79(4)40-56(88)75-50(30-28-46-27-29-48(49(71)37-46)70(72,73)74)64(95)86-35-21-26-52(86)62(93)77-69(31-17-18-32-69)68(99)84(9)60(47-24-15-11-16-25-47)67(98)83(8)55(39-57(89)81(53)6)66(97)85-33-19-12-20-34-85/h27,29,37,44-45,47,50-55,60,87H,10-26,28,30-36,38-43H2,1-9H3,(H,75,88)(H,76,92)(H,77,93)/t50-,51-,52?,53-,54-,55-,60-/m0/s1. The lowest BCUT2D eigenvalue weighted by molar-refractivity contribution is -0.157. The van der Waals surface area contributed by atoms with Crippen LogP contribution in [0.25, 0.3) is 0 Å². The van der Waals surface area contributed by atoms with E-state index in [1.807, 2.05) is 13.8 Å². The normalized spacial score (nSPS) is 26.8. The first-order valence-electron chi connectivity index (χ1n) is 35.6. The van der Waals surface area contributed by atoms with Gasteiger partial charge in [0.05, 0.1) is 43.2 Å². The Morgan fingerprint density at radius 3 is 1.82 bits per heavy atom. The molecule has 3 aliphatic heterocycles. The van der Waals surface area contributed by atoms with Crippen molar-refractivity contribution in [1.82, 2.24) is 60.0 Å². The van der Waals surface area contributed by atoms with Gasteiger partial charge in [-0.05, 0) is 119 Å². The highest BCUT2D eigenvalue weighted by atomic mass is 35.5. The SMILES string of the molecule is CC(C)C[C@H]1C(=O)N[C@@H](CO)C(=O)N(C)CC(=O)N(C)CC(=O)N(C)[C@@H](CC2CCCCC2)C(=O)N(C)CC(=O)N[C@@H](CCc2ccc(C(F)(F)F)c(Cl)c2)C(=O)N2CCCC2C(=O)NC2(CCCC2)C(=O)N(C)[C@@H](C2CCCCC2)C(=O)N(C)[C@H](C(=O)N2CCCCC2)CC(=O)N1C. The molecule has 3 heterocycles. The van der Waals surface area contributed by atoms with Crippen molar-refractivity contribution < 1.29 is 75.8 Å². The average Bonchev–Trinajstić information content (AvgIpc) is 1.74. The predicted molar refractivity (Wildman–Crippen MR) is 361 cm³/mol. The highest BCUT2D eigenvalue weighted by Gasteiger charge is 2.51. The number of carbonyl (C=O) groups excluding carboxylic acids is 12. The van der Waals surface area contributed by atoms with Gasteiger partial charge in [-0.25, -0.2) is 0 Å². The molecule has 12 amide bonds. The number of rotatable bonds is 10. The van der Waals surface area contributed by atoms with E-state index in [2.05, 4.69) is 16.0 Å². The van der Waals surface area contributed by atoms with Crippen LogP contribution in [-0.2, 0) is 70.1 Å². The lowest BCUT2D eigenvalue weighted by Crippen LogP contribution is -2.65. The Morgan fingerprint density at radius 1 is 0.616 bits per heavy atom. The number of hydrogen-bond acceptors (Lipinski definition) is 13. The lowest BCUT2D eigenvalue weighted by atomic mass is 9.81. The second kappa shape index (κ2) is 35.5. The van der Waals surface area contributed by atoms with Gasteiger partial charge in [0.2, 0.25) is 70.9 Å². The number of carbonyl (C=O) groups is 12. The van der Waals surface area contributed by atoms with Gasteiger partial charge in [-0.15, -0.1) is 0 Å². The highest BCUT2D eigenvalue weighted by molar-refractivity contribution is 6.31. The van der Waals surface area contributed by atoms with Crippen molar-refractivity contribution in [3.63, 3.8) is 0 Å². The molecule has 1 aromatic carbocycles. The third-order valence-electron chi connectivity index (χ3n) is 21.4. The van der Waals surface area contributed by atoms with Crippen LogP contribution in [0.1, 0.15) is 173 Å². The van der Waals surface area contributed by atoms with E-state index in [4.69, 9.17) is 11.6 Å². The van der Waals surface area contributed by atoms with Gasteiger partial charge in [-0.2, -0.15) is 13.2 Å². The number of hydrogen-bond donors (Lipinski definition) is 4. The molecule has 6 aliphatic rings. The molecule has 7 rings (SSSR count). The third kappa shape index (κ3) is 20.1. The number of alkyl halides is 3. The number of piperidine rings is 1. The zero-order chi connectivity index (χ0) is 72.8. The minimum Gasteiger partial charge on any atom is -0.394 e. The van der Waals surface area contributed by atoms with Crippen LogP contribution in [-0.4, -0.2) is 263 Å². The molecule has 7 atom stereocenters. The van der Waals surface area contributed by atoms with Crippen LogP contribution in [0.15, 0.2) is 18.2 Å². The summed E-state index contributed by atoms with van der Waals surface area (Å²) in [5.41, 5.74) is -2.36. The number of likely N-dealkylation sites (tertiary alicyclic amines) is 1. The van der Waals surface area contributed by atoms with Crippen molar-refractivity contribution in [3.8, 4) is 0 Å². The minimum absolute atomic E-state index is 0.00228. The molecule has 552 valence electrons. The maximum atomic E-state index is 15.7. The van der Waals surface area contributed by atoms with Crippen LogP contribution < -0.4 is 16.0 Å². The second-order valence-electron chi connectivity index (χ2n) is 29.0. The zero-order valence-corrected chi connectivity index (χ0v) is 60.1. The summed E-state index contributed by atoms with van der Waals surface area (Å²) in [5.74, 6) is -9.04. The molecule has 99 heavy (non-hydrogen) atoms. The Balaban J connectivity index is 1.28. The monoisotopic (exact) mass is 1410 g/mol. The van der Waals surface area contributed by atoms with Crippen LogP contribution in [0.4, 0.5) is 13.2 Å². The molecule has 3 saturated carbocycles. The molecule has 4 N–H and O–H groups in total. The first-order chi connectivity index (χ1) is 46.8. The second-order valence-corrected chi connectivity index (χ2v) is 29.5. The Kier molecular flexibility index (Phi) is 28.4. The number of aryl methyl sites for hydroxylation is 1. The third-order valence-corrected chi connectivity index (χ3v) is 21.7.